The first-order valence-corrected chi connectivity index (χ1v) is 6.72. The molecule has 0 fully saturated rings. The molecule has 0 aliphatic heterocycles. The molecule has 2 aromatic rings. The van der Waals surface area contributed by atoms with Crippen molar-refractivity contribution in [3.05, 3.63) is 65.7 Å². The molecule has 0 radical (unpaired) electrons. The van der Waals surface area contributed by atoms with Crippen LogP contribution in [0.3, 0.4) is 0 Å². The van der Waals surface area contributed by atoms with Gasteiger partial charge in [-0.25, -0.2) is 0 Å². The zero-order chi connectivity index (χ0) is 13.5. The molecule has 1 N–H and O–H groups in total. The highest BCUT2D eigenvalue weighted by atomic mass is 35.5. The molecular formula is C16H15ClN2. The second-order valence-electron chi connectivity index (χ2n) is 4.37. The van der Waals surface area contributed by atoms with Gasteiger partial charge in [0.05, 0.1) is 11.6 Å². The van der Waals surface area contributed by atoms with E-state index in [1.165, 1.54) is 5.56 Å². The molecule has 0 heterocycles. The van der Waals surface area contributed by atoms with Gasteiger partial charge in [-0.1, -0.05) is 30.3 Å². The fourth-order valence-corrected chi connectivity index (χ4v) is 2.11. The van der Waals surface area contributed by atoms with Crippen molar-refractivity contribution in [2.45, 2.75) is 12.5 Å². The van der Waals surface area contributed by atoms with Crippen molar-refractivity contribution >= 4 is 17.3 Å². The standard InChI is InChI=1S/C16H15ClN2/c17-11-16(10-13-4-2-1-3-5-13)19-15-8-6-14(12-18)7-9-15/h1-9,16,19H,10-11H2. The third-order valence-corrected chi connectivity index (χ3v) is 3.27. The van der Waals surface area contributed by atoms with Crippen molar-refractivity contribution in [2.75, 3.05) is 11.2 Å². The van der Waals surface area contributed by atoms with Crippen LogP contribution in [0, 0.1) is 11.3 Å². The van der Waals surface area contributed by atoms with Crippen LogP contribution in [-0.2, 0) is 6.42 Å². The summed E-state index contributed by atoms with van der Waals surface area (Å²) in [5.74, 6) is 0.537. The molecule has 0 aliphatic rings. The topological polar surface area (TPSA) is 35.8 Å². The van der Waals surface area contributed by atoms with Gasteiger partial charge in [-0.3, -0.25) is 0 Å². The fraction of sp³-hybridized carbons (Fsp3) is 0.188. The summed E-state index contributed by atoms with van der Waals surface area (Å²) in [5, 5.41) is 12.1. The maximum Gasteiger partial charge on any atom is 0.0991 e. The summed E-state index contributed by atoms with van der Waals surface area (Å²) < 4.78 is 0. The maximum atomic E-state index is 8.76. The van der Waals surface area contributed by atoms with E-state index in [-0.39, 0.29) is 6.04 Å². The minimum Gasteiger partial charge on any atom is -0.381 e. The van der Waals surface area contributed by atoms with Crippen LogP contribution in [-0.4, -0.2) is 11.9 Å². The number of nitrogens with zero attached hydrogens (tertiary/aromatic N) is 1. The van der Waals surface area contributed by atoms with E-state index in [0.717, 1.165) is 12.1 Å². The zero-order valence-electron chi connectivity index (χ0n) is 10.5. The summed E-state index contributed by atoms with van der Waals surface area (Å²) in [6.45, 7) is 0. The van der Waals surface area contributed by atoms with Crippen molar-refractivity contribution in [3.8, 4) is 6.07 Å². The van der Waals surface area contributed by atoms with Gasteiger partial charge in [-0.2, -0.15) is 5.26 Å². The molecule has 0 aliphatic carbocycles. The largest absolute Gasteiger partial charge is 0.381 e. The van der Waals surface area contributed by atoms with Crippen LogP contribution in [0.1, 0.15) is 11.1 Å². The van der Waals surface area contributed by atoms with Crippen LogP contribution < -0.4 is 5.32 Å². The summed E-state index contributed by atoms with van der Waals surface area (Å²) in [6, 6.07) is 20.0. The monoisotopic (exact) mass is 270 g/mol. The number of alkyl halides is 1. The van der Waals surface area contributed by atoms with E-state index in [4.69, 9.17) is 16.9 Å². The minimum atomic E-state index is 0.178. The first kappa shape index (κ1) is 13.5. The minimum absolute atomic E-state index is 0.178. The Morgan fingerprint density at radius 1 is 1.05 bits per heavy atom. The molecular weight excluding hydrogens is 256 g/mol. The van der Waals surface area contributed by atoms with Crippen LogP contribution in [0.5, 0.6) is 0 Å². The molecule has 1 unspecified atom stereocenters. The lowest BCUT2D eigenvalue weighted by atomic mass is 10.1. The van der Waals surface area contributed by atoms with E-state index in [0.29, 0.717) is 11.4 Å². The number of rotatable bonds is 5. The fourth-order valence-electron chi connectivity index (χ4n) is 1.92. The number of hydrogen-bond acceptors (Lipinski definition) is 2. The number of benzene rings is 2. The third kappa shape index (κ3) is 4.01. The van der Waals surface area contributed by atoms with Crippen molar-refractivity contribution in [3.63, 3.8) is 0 Å². The van der Waals surface area contributed by atoms with E-state index < -0.39 is 0 Å². The van der Waals surface area contributed by atoms with Crippen molar-refractivity contribution < 1.29 is 0 Å². The molecule has 0 saturated heterocycles. The van der Waals surface area contributed by atoms with Crippen LogP contribution in [0.25, 0.3) is 0 Å². The smallest absolute Gasteiger partial charge is 0.0991 e. The molecule has 2 nitrogen and oxygen atoms in total. The number of nitrogens with one attached hydrogen (secondary N) is 1. The lowest BCUT2D eigenvalue weighted by Crippen LogP contribution is -2.24. The molecule has 2 aromatic carbocycles. The van der Waals surface area contributed by atoms with Gasteiger partial charge < -0.3 is 5.32 Å². The molecule has 0 spiro atoms. The van der Waals surface area contributed by atoms with Gasteiger partial charge in [0.25, 0.3) is 0 Å². The number of anilines is 1. The Kier molecular flexibility index (Phi) is 4.83. The van der Waals surface area contributed by atoms with E-state index in [1.807, 2.05) is 30.3 Å². The molecule has 1 atom stereocenters. The zero-order valence-corrected chi connectivity index (χ0v) is 11.3. The maximum absolute atomic E-state index is 8.76. The molecule has 0 saturated carbocycles. The quantitative estimate of drug-likeness (QED) is 0.839. The van der Waals surface area contributed by atoms with E-state index in [9.17, 15) is 0 Å². The van der Waals surface area contributed by atoms with Crippen molar-refractivity contribution in [2.24, 2.45) is 0 Å². The highest BCUT2D eigenvalue weighted by Crippen LogP contribution is 2.13. The van der Waals surface area contributed by atoms with E-state index in [2.05, 4.69) is 23.5 Å². The third-order valence-electron chi connectivity index (χ3n) is 2.90. The first-order chi connectivity index (χ1) is 9.31. The molecule has 3 heteroatoms. The highest BCUT2D eigenvalue weighted by molar-refractivity contribution is 6.18. The molecule has 0 amide bonds. The molecule has 96 valence electrons. The lowest BCUT2D eigenvalue weighted by Gasteiger charge is -2.17. The Hall–Kier alpha value is -1.98. The van der Waals surface area contributed by atoms with Gasteiger partial charge in [0, 0.05) is 17.6 Å². The summed E-state index contributed by atoms with van der Waals surface area (Å²) in [6.07, 6.45) is 0.879. The van der Waals surface area contributed by atoms with Gasteiger partial charge in [0.15, 0.2) is 0 Å². The SMILES string of the molecule is N#Cc1ccc(NC(CCl)Cc2ccccc2)cc1. The van der Waals surface area contributed by atoms with Crippen LogP contribution in [0.2, 0.25) is 0 Å². The van der Waals surface area contributed by atoms with Crippen LogP contribution in [0.4, 0.5) is 5.69 Å². The van der Waals surface area contributed by atoms with Gasteiger partial charge >= 0.3 is 0 Å². The molecule has 19 heavy (non-hydrogen) atoms. The first-order valence-electron chi connectivity index (χ1n) is 6.18. The second-order valence-corrected chi connectivity index (χ2v) is 4.68. The van der Waals surface area contributed by atoms with Crippen LogP contribution in [0.15, 0.2) is 54.6 Å². The Bertz CT molecular complexity index is 543. The molecule has 0 aromatic heterocycles. The second kappa shape index (κ2) is 6.82. The average molecular weight is 271 g/mol. The summed E-state index contributed by atoms with van der Waals surface area (Å²) in [4.78, 5) is 0. The lowest BCUT2D eigenvalue weighted by molar-refractivity contribution is 0.797. The average Bonchev–Trinajstić information content (AvgIpc) is 2.48. The van der Waals surface area contributed by atoms with Crippen molar-refractivity contribution in [1.82, 2.24) is 0 Å². The Morgan fingerprint density at radius 3 is 2.32 bits per heavy atom. The number of nitriles is 1. The normalized spacial score (nSPS) is 11.6. The number of halogens is 1. The summed E-state index contributed by atoms with van der Waals surface area (Å²) in [5.41, 5.74) is 2.91. The Balaban J connectivity index is 2.00. The van der Waals surface area contributed by atoms with Crippen LogP contribution >= 0.6 is 11.6 Å². The van der Waals surface area contributed by atoms with E-state index >= 15 is 0 Å². The predicted molar refractivity (Wildman–Crippen MR) is 79.4 cm³/mol. The van der Waals surface area contributed by atoms with E-state index in [1.54, 1.807) is 12.1 Å². The highest BCUT2D eigenvalue weighted by Gasteiger charge is 2.08. The predicted octanol–water partition coefficient (Wildman–Crippen LogP) is 3.82. The van der Waals surface area contributed by atoms with Gasteiger partial charge in [-0.05, 0) is 36.2 Å². The molecule has 2 rings (SSSR count). The Morgan fingerprint density at radius 2 is 1.74 bits per heavy atom. The summed E-state index contributed by atoms with van der Waals surface area (Å²) >= 11 is 6.01. The summed E-state index contributed by atoms with van der Waals surface area (Å²) in [7, 11) is 0. The number of hydrogen-bond donors (Lipinski definition) is 1. The molecule has 0 bridgehead atoms. The Labute approximate surface area is 118 Å². The van der Waals surface area contributed by atoms with Gasteiger partial charge in [0.2, 0.25) is 0 Å². The van der Waals surface area contributed by atoms with Gasteiger partial charge in [0.1, 0.15) is 0 Å². The van der Waals surface area contributed by atoms with Gasteiger partial charge in [-0.15, -0.1) is 11.6 Å². The van der Waals surface area contributed by atoms with Crippen molar-refractivity contribution in [1.29, 1.82) is 5.26 Å².